The van der Waals surface area contributed by atoms with Crippen LogP contribution in [0.25, 0.3) is 10.4 Å². The molecule has 2 N–H and O–H groups in total. The Hall–Kier alpha value is -3.89. The van der Waals surface area contributed by atoms with E-state index in [1.165, 1.54) is 0 Å². The van der Waals surface area contributed by atoms with Gasteiger partial charge in [-0.15, -0.1) is 0 Å². The first-order chi connectivity index (χ1) is 20.0. The number of ether oxygens (including phenoxy) is 2. The first kappa shape index (κ1) is 28.6. The number of aliphatic hydroxyl groups excluding tert-OH is 1. The molecule has 0 radical (unpaired) electrons. The summed E-state index contributed by atoms with van der Waals surface area (Å²) in [5, 5.41) is 14.8. The van der Waals surface area contributed by atoms with Crippen molar-refractivity contribution in [3.8, 4) is 5.75 Å². The number of halogens is 1. The van der Waals surface area contributed by atoms with E-state index in [4.69, 9.17) is 19.6 Å². The van der Waals surface area contributed by atoms with Crippen molar-refractivity contribution in [2.75, 3.05) is 26.3 Å². The lowest BCUT2D eigenvalue weighted by molar-refractivity contribution is -0.133. The summed E-state index contributed by atoms with van der Waals surface area (Å²) in [6, 6.07) is 22.2. The minimum atomic E-state index is -1.42. The first-order valence-electron chi connectivity index (χ1n) is 13.6. The summed E-state index contributed by atoms with van der Waals surface area (Å²) < 4.78 is 13.1. The third kappa shape index (κ3) is 6.39. The van der Waals surface area contributed by atoms with Crippen LogP contribution in [0.15, 0.2) is 87.4 Å². The maximum Gasteiger partial charge on any atom is 0.266 e. The highest BCUT2D eigenvalue weighted by atomic mass is 79.9. The van der Waals surface area contributed by atoms with Gasteiger partial charge >= 0.3 is 0 Å². The monoisotopic (exact) mass is 618 g/mol. The minimum absolute atomic E-state index is 0.0591. The van der Waals surface area contributed by atoms with Gasteiger partial charge in [0.1, 0.15) is 5.75 Å². The molecule has 0 bridgehead atoms. The summed E-state index contributed by atoms with van der Waals surface area (Å²) >= 11 is 3.66. The van der Waals surface area contributed by atoms with Crippen molar-refractivity contribution in [3.05, 3.63) is 104 Å². The number of aliphatic hydroxyl groups is 1. The summed E-state index contributed by atoms with van der Waals surface area (Å²) in [6.45, 7) is 1.98. The summed E-state index contributed by atoms with van der Waals surface area (Å²) in [5.74, 6) is 0.685. The second-order valence-electron chi connectivity index (χ2n) is 9.94. The number of hydrogen-bond acceptors (Lipinski definition) is 7. The second kappa shape index (κ2) is 13.2. The molecule has 2 aliphatic rings. The Morgan fingerprint density at radius 3 is 2.61 bits per heavy atom. The quantitative estimate of drug-likeness (QED) is 0.122. The number of azide groups is 1. The fraction of sp³-hybridized carbons (Fsp3) is 0.333. The summed E-state index contributed by atoms with van der Waals surface area (Å²) in [4.78, 5) is 22.4. The zero-order chi connectivity index (χ0) is 28.7. The van der Waals surface area contributed by atoms with Crippen molar-refractivity contribution in [2.45, 2.75) is 37.3 Å². The molecular weight excluding hydrogens is 588 g/mol. The number of rotatable bonds is 11. The van der Waals surface area contributed by atoms with Crippen LogP contribution in [0.2, 0.25) is 0 Å². The average Bonchev–Trinajstić information content (AvgIpc) is 3.64. The van der Waals surface area contributed by atoms with Gasteiger partial charge in [0, 0.05) is 58.7 Å². The van der Waals surface area contributed by atoms with Crippen LogP contribution in [0.4, 0.5) is 5.69 Å². The molecule has 10 nitrogen and oxygen atoms in total. The predicted octanol–water partition coefficient (Wildman–Crippen LogP) is 5.78. The summed E-state index contributed by atoms with van der Waals surface area (Å²) in [6.07, 6.45) is 1.89. The molecule has 1 amide bonds. The molecule has 41 heavy (non-hydrogen) atoms. The van der Waals surface area contributed by atoms with Crippen molar-refractivity contribution in [1.82, 2.24) is 10.4 Å². The third-order valence-corrected chi connectivity index (χ3v) is 7.91. The number of nitrogens with zero attached hydrogens (tertiary/aromatic N) is 5. The fourth-order valence-electron chi connectivity index (χ4n) is 5.11. The molecular formula is C30H31BrN6O4. The van der Waals surface area contributed by atoms with E-state index < -0.39 is 11.6 Å². The van der Waals surface area contributed by atoms with Crippen LogP contribution in [-0.2, 0) is 16.0 Å². The molecule has 11 heteroatoms. The Labute approximate surface area is 246 Å². The number of carbonyl (C=O) groups excluding carboxylic acids is 1. The van der Waals surface area contributed by atoms with Crippen molar-refractivity contribution in [1.29, 1.82) is 0 Å². The van der Waals surface area contributed by atoms with Gasteiger partial charge < -0.3 is 14.6 Å². The summed E-state index contributed by atoms with van der Waals surface area (Å²) in [7, 11) is 0. The number of aliphatic imine (C=N–C) groups is 1. The lowest BCUT2D eigenvalue weighted by Gasteiger charge is -2.33. The number of carbonyl (C=O) groups is 1. The summed E-state index contributed by atoms with van der Waals surface area (Å²) in [5.41, 5.74) is 13.5. The number of nitrogens with one attached hydrogen (secondary N) is 1. The Morgan fingerprint density at radius 1 is 1.15 bits per heavy atom. The van der Waals surface area contributed by atoms with E-state index in [0.29, 0.717) is 41.5 Å². The molecule has 0 spiro atoms. The van der Waals surface area contributed by atoms with Gasteiger partial charge in [-0.1, -0.05) is 63.5 Å². The molecule has 2 aliphatic heterocycles. The molecule has 0 aliphatic carbocycles. The van der Waals surface area contributed by atoms with E-state index >= 15 is 0 Å². The molecule has 212 valence electrons. The first-order valence-corrected chi connectivity index (χ1v) is 14.4. The highest BCUT2D eigenvalue weighted by Crippen LogP contribution is 2.45. The maximum atomic E-state index is 14.4. The number of hydrogen-bond donors (Lipinski definition) is 2. The van der Waals surface area contributed by atoms with Crippen LogP contribution in [0.5, 0.6) is 5.75 Å². The smallest absolute Gasteiger partial charge is 0.266 e. The van der Waals surface area contributed by atoms with Gasteiger partial charge in [-0.3, -0.25) is 10.2 Å². The van der Waals surface area contributed by atoms with Crippen LogP contribution < -0.4 is 10.2 Å². The van der Waals surface area contributed by atoms with Crippen molar-refractivity contribution in [3.63, 3.8) is 0 Å². The Bertz CT molecular complexity index is 1450. The van der Waals surface area contributed by atoms with E-state index in [9.17, 15) is 10.3 Å². The second-order valence-corrected chi connectivity index (χ2v) is 10.8. The van der Waals surface area contributed by atoms with E-state index in [2.05, 4.69) is 31.4 Å². The van der Waals surface area contributed by atoms with Crippen LogP contribution in [0.1, 0.15) is 42.1 Å². The van der Waals surface area contributed by atoms with Crippen molar-refractivity contribution < 1.29 is 19.4 Å². The molecule has 0 unspecified atom stereocenters. The number of hydrazine groups is 1. The van der Waals surface area contributed by atoms with Gasteiger partial charge in [0.15, 0.2) is 11.6 Å². The molecule has 1 fully saturated rings. The number of amides is 1. The topological polar surface area (TPSA) is 132 Å². The van der Waals surface area contributed by atoms with Crippen molar-refractivity contribution >= 4 is 33.4 Å². The van der Waals surface area contributed by atoms with Crippen molar-refractivity contribution in [2.24, 2.45) is 10.1 Å². The lowest BCUT2D eigenvalue weighted by Crippen LogP contribution is -2.54. The van der Waals surface area contributed by atoms with E-state index in [-0.39, 0.29) is 18.9 Å². The predicted molar refractivity (Wildman–Crippen MR) is 159 cm³/mol. The van der Waals surface area contributed by atoms with E-state index in [0.717, 1.165) is 36.0 Å². The molecule has 2 atom stereocenters. The number of benzene rings is 3. The van der Waals surface area contributed by atoms with Crippen LogP contribution >= 0.6 is 15.9 Å². The Kier molecular flexibility index (Phi) is 9.21. The van der Waals surface area contributed by atoms with Crippen LogP contribution in [0, 0.1) is 0 Å². The van der Waals surface area contributed by atoms with Crippen LogP contribution in [-0.4, -0.2) is 53.8 Å². The van der Waals surface area contributed by atoms with Gasteiger partial charge in [-0.2, -0.15) is 0 Å². The van der Waals surface area contributed by atoms with E-state index in [1.54, 1.807) is 12.1 Å². The Morgan fingerprint density at radius 2 is 1.88 bits per heavy atom. The average molecular weight is 620 g/mol. The maximum absolute atomic E-state index is 14.4. The fourth-order valence-corrected chi connectivity index (χ4v) is 5.61. The highest BCUT2D eigenvalue weighted by molar-refractivity contribution is 9.10. The van der Waals surface area contributed by atoms with E-state index in [1.807, 2.05) is 65.7 Å². The molecule has 5 rings (SSSR count). The van der Waals surface area contributed by atoms with Crippen LogP contribution in [0.3, 0.4) is 0 Å². The SMILES string of the molecule is [N-]=[N+]=Nc1ccccc1C[C@]1(C(=O)NN2CCCC2)N=C(c2ccc(OCCCO)cc2)O[C@H]1c1ccccc1Br. The molecule has 2 heterocycles. The lowest BCUT2D eigenvalue weighted by atomic mass is 9.81. The van der Waals surface area contributed by atoms with Gasteiger partial charge in [0.05, 0.1) is 6.61 Å². The Balaban J connectivity index is 1.61. The normalized spacial score (nSPS) is 20.1. The minimum Gasteiger partial charge on any atom is -0.494 e. The molecule has 0 saturated carbocycles. The molecule has 3 aromatic carbocycles. The molecule has 0 aromatic heterocycles. The standard InChI is InChI=1S/C30H31BrN6O4/c31-25-10-3-2-9-24(25)27-30(29(39)35-37-16-5-6-17-37,20-22-8-1-4-11-26(22)34-36-32)33-28(41-27)21-12-14-23(15-13-21)40-19-7-18-38/h1-4,8-15,27,38H,5-7,16-20H2,(H,35,39)/t27-,30-/m0/s1. The zero-order valence-corrected chi connectivity index (χ0v) is 24.0. The van der Waals surface area contributed by atoms with Gasteiger partial charge in [0.2, 0.25) is 5.90 Å². The van der Waals surface area contributed by atoms with Gasteiger partial charge in [-0.05, 0) is 54.3 Å². The molecule has 1 saturated heterocycles. The van der Waals surface area contributed by atoms with Gasteiger partial charge in [-0.25, -0.2) is 10.0 Å². The van der Waals surface area contributed by atoms with Gasteiger partial charge in [0.25, 0.3) is 5.91 Å². The highest BCUT2D eigenvalue weighted by Gasteiger charge is 2.54. The molecule has 3 aromatic rings. The zero-order valence-electron chi connectivity index (χ0n) is 22.4. The third-order valence-electron chi connectivity index (χ3n) is 7.19. The largest absolute Gasteiger partial charge is 0.494 e.